The van der Waals surface area contributed by atoms with Gasteiger partial charge in [0.05, 0.1) is 23.8 Å². The van der Waals surface area contributed by atoms with E-state index >= 15 is 0 Å². The van der Waals surface area contributed by atoms with Crippen LogP contribution in [0, 0.1) is 13.8 Å². The summed E-state index contributed by atoms with van der Waals surface area (Å²) < 4.78 is 33.8. The summed E-state index contributed by atoms with van der Waals surface area (Å²) in [6.07, 6.45) is 0.657. The zero-order valence-electron chi connectivity index (χ0n) is 22.2. The summed E-state index contributed by atoms with van der Waals surface area (Å²) in [6.45, 7) is 7.38. The molecule has 1 heterocycles. The largest absolute Gasteiger partial charge is 0.379 e. The Labute approximate surface area is 237 Å². The molecule has 3 rings (SSSR count). The number of carbonyl (C=O) groups is 3. The van der Waals surface area contributed by atoms with E-state index in [-0.39, 0.29) is 22.2 Å². The van der Waals surface area contributed by atoms with E-state index in [2.05, 4.69) is 20.3 Å². The van der Waals surface area contributed by atoms with E-state index in [9.17, 15) is 28.0 Å². The molecule has 15 heteroatoms. The fourth-order valence-electron chi connectivity index (χ4n) is 3.99. The van der Waals surface area contributed by atoms with E-state index in [1.54, 1.807) is 19.9 Å². The number of amides is 3. The van der Waals surface area contributed by atoms with Crippen molar-refractivity contribution in [1.29, 1.82) is 0 Å². The van der Waals surface area contributed by atoms with E-state index in [4.69, 9.17) is 16.3 Å². The number of anilines is 3. The molecule has 2 aromatic rings. The van der Waals surface area contributed by atoms with Crippen molar-refractivity contribution < 1.29 is 32.7 Å². The molecule has 0 unspecified atom stereocenters. The van der Waals surface area contributed by atoms with Gasteiger partial charge in [-0.3, -0.25) is 29.2 Å². The first-order chi connectivity index (χ1) is 19.0. The second-order valence-electron chi connectivity index (χ2n) is 9.03. The van der Waals surface area contributed by atoms with Gasteiger partial charge >= 0.3 is 11.8 Å². The van der Waals surface area contributed by atoms with Crippen LogP contribution in [0.2, 0.25) is 0 Å². The topological polar surface area (TPSA) is 169 Å². The summed E-state index contributed by atoms with van der Waals surface area (Å²) in [7, 11) is -4.05. The predicted octanol–water partition coefficient (Wildman–Crippen LogP) is 1.35. The molecule has 3 amide bonds. The van der Waals surface area contributed by atoms with E-state index in [0.29, 0.717) is 48.2 Å². The molecular formula is C25H33ClN6O7S. The average Bonchev–Trinajstić information content (AvgIpc) is 2.93. The first-order valence-corrected chi connectivity index (χ1v) is 14.5. The fraction of sp³-hybridized carbons (Fsp3) is 0.400. The SMILES string of the molecule is Cc1ccc(S(=O)(=O)Nc2ccc(N(O)NC(=O)C(=O)NCCCN3CCOCC3)cc2)c(C)c1NC(=O)CCl. The number of nitrogens with zero attached hydrogens (tertiary/aromatic N) is 2. The van der Waals surface area contributed by atoms with Gasteiger partial charge in [-0.1, -0.05) is 6.07 Å². The Kier molecular flexibility index (Phi) is 11.1. The number of rotatable bonds is 11. The summed E-state index contributed by atoms with van der Waals surface area (Å²) in [4.78, 5) is 38.1. The van der Waals surface area contributed by atoms with Crippen LogP contribution in [-0.4, -0.2) is 81.5 Å². The Hall–Kier alpha value is -3.43. The molecule has 0 aromatic heterocycles. The molecule has 0 atom stereocenters. The maximum absolute atomic E-state index is 13.1. The molecule has 0 bridgehead atoms. The molecule has 1 fully saturated rings. The summed E-state index contributed by atoms with van der Waals surface area (Å²) in [5.41, 5.74) is 3.67. The van der Waals surface area contributed by atoms with Crippen LogP contribution in [-0.2, 0) is 29.1 Å². The number of carbonyl (C=O) groups excluding carboxylic acids is 3. The van der Waals surface area contributed by atoms with Gasteiger partial charge in [-0.25, -0.2) is 13.8 Å². The van der Waals surface area contributed by atoms with Crippen molar-refractivity contribution in [2.75, 3.05) is 60.5 Å². The Morgan fingerprint density at radius 2 is 1.73 bits per heavy atom. The Bertz CT molecular complexity index is 1320. The molecule has 1 aliphatic rings. The molecule has 0 saturated carbocycles. The molecule has 0 aliphatic carbocycles. The van der Waals surface area contributed by atoms with Crippen molar-refractivity contribution in [3.8, 4) is 0 Å². The molecule has 1 aliphatic heterocycles. The number of benzene rings is 2. The maximum Gasteiger partial charge on any atom is 0.329 e. The minimum atomic E-state index is -4.05. The van der Waals surface area contributed by atoms with Crippen LogP contribution in [0.3, 0.4) is 0 Å². The first kappa shape index (κ1) is 31.1. The molecule has 13 nitrogen and oxygen atoms in total. The van der Waals surface area contributed by atoms with Crippen molar-refractivity contribution >= 4 is 56.4 Å². The van der Waals surface area contributed by atoms with Crippen molar-refractivity contribution in [1.82, 2.24) is 15.6 Å². The first-order valence-electron chi connectivity index (χ1n) is 12.5. The third-order valence-corrected chi connectivity index (χ3v) is 7.89. The molecule has 0 radical (unpaired) electrons. The van der Waals surface area contributed by atoms with Gasteiger partial charge in [0.25, 0.3) is 10.0 Å². The number of hydrogen-bond acceptors (Lipinski definition) is 9. The van der Waals surface area contributed by atoms with Crippen LogP contribution in [0.5, 0.6) is 0 Å². The van der Waals surface area contributed by atoms with Crippen molar-refractivity contribution in [2.45, 2.75) is 25.2 Å². The van der Waals surface area contributed by atoms with Crippen LogP contribution < -0.4 is 26.0 Å². The van der Waals surface area contributed by atoms with Gasteiger partial charge in [-0.05, 0) is 68.3 Å². The standard InChI is InChI=1S/C25H33ClN6O7S/c1-17-4-9-21(18(2)23(17)28-22(33)16-26)40(37,38)30-19-5-7-20(8-6-19)32(36)29-25(35)24(34)27-10-3-11-31-12-14-39-15-13-31/h4-9,30,36H,3,10-16H2,1-2H3,(H,27,34)(H,28,33)(H,29,35). The molecule has 2 aromatic carbocycles. The Morgan fingerprint density at radius 1 is 1.05 bits per heavy atom. The highest BCUT2D eigenvalue weighted by Crippen LogP contribution is 2.28. The van der Waals surface area contributed by atoms with Crippen molar-refractivity contribution in [3.05, 3.63) is 47.5 Å². The number of sulfonamides is 1. The zero-order chi connectivity index (χ0) is 29.3. The average molecular weight is 597 g/mol. The fourth-order valence-corrected chi connectivity index (χ4v) is 5.36. The van der Waals surface area contributed by atoms with Gasteiger partial charge in [-0.2, -0.15) is 5.17 Å². The number of hydrazine groups is 1. The number of alkyl halides is 1. The number of aryl methyl sites for hydroxylation is 1. The van der Waals surface area contributed by atoms with Gasteiger partial charge in [0.2, 0.25) is 5.91 Å². The smallest absolute Gasteiger partial charge is 0.329 e. The van der Waals surface area contributed by atoms with E-state index in [1.165, 1.54) is 30.3 Å². The van der Waals surface area contributed by atoms with E-state index < -0.39 is 27.7 Å². The van der Waals surface area contributed by atoms with Crippen LogP contribution in [0.25, 0.3) is 0 Å². The molecular weight excluding hydrogens is 564 g/mol. The van der Waals surface area contributed by atoms with Gasteiger partial charge in [0, 0.05) is 31.0 Å². The number of hydrogen-bond donors (Lipinski definition) is 5. The zero-order valence-corrected chi connectivity index (χ0v) is 23.8. The summed E-state index contributed by atoms with van der Waals surface area (Å²) >= 11 is 5.56. The normalized spacial score (nSPS) is 13.8. The third-order valence-electron chi connectivity index (χ3n) is 6.12. The predicted molar refractivity (Wildman–Crippen MR) is 150 cm³/mol. The summed E-state index contributed by atoms with van der Waals surface area (Å²) in [5, 5.41) is 15.7. The summed E-state index contributed by atoms with van der Waals surface area (Å²) in [5.74, 6) is -2.71. The lowest BCUT2D eigenvalue weighted by atomic mass is 10.1. The molecule has 5 N–H and O–H groups in total. The molecule has 1 saturated heterocycles. The van der Waals surface area contributed by atoms with E-state index in [0.717, 1.165) is 19.6 Å². The highest BCUT2D eigenvalue weighted by atomic mass is 35.5. The minimum absolute atomic E-state index is 0.0425. The lowest BCUT2D eigenvalue weighted by molar-refractivity contribution is -0.140. The van der Waals surface area contributed by atoms with Crippen LogP contribution in [0.15, 0.2) is 41.3 Å². The minimum Gasteiger partial charge on any atom is -0.379 e. The van der Waals surface area contributed by atoms with Crippen LogP contribution in [0.4, 0.5) is 17.1 Å². The van der Waals surface area contributed by atoms with Crippen LogP contribution >= 0.6 is 11.6 Å². The Morgan fingerprint density at radius 3 is 2.38 bits per heavy atom. The van der Waals surface area contributed by atoms with Crippen molar-refractivity contribution in [3.63, 3.8) is 0 Å². The van der Waals surface area contributed by atoms with Gasteiger partial charge in [-0.15, -0.1) is 11.6 Å². The quantitative estimate of drug-likeness (QED) is 0.111. The second kappa shape index (κ2) is 14.3. The molecule has 40 heavy (non-hydrogen) atoms. The molecule has 0 spiro atoms. The number of morpholine rings is 1. The van der Waals surface area contributed by atoms with Gasteiger partial charge in [0.1, 0.15) is 5.88 Å². The van der Waals surface area contributed by atoms with Gasteiger partial charge in [0.15, 0.2) is 0 Å². The number of halogens is 1. The monoisotopic (exact) mass is 596 g/mol. The molecule has 218 valence electrons. The second-order valence-corrected chi connectivity index (χ2v) is 10.9. The lowest BCUT2D eigenvalue weighted by Gasteiger charge is -2.26. The van der Waals surface area contributed by atoms with Crippen LogP contribution in [0.1, 0.15) is 17.5 Å². The Balaban J connectivity index is 1.54. The highest BCUT2D eigenvalue weighted by Gasteiger charge is 2.22. The van der Waals surface area contributed by atoms with E-state index in [1.807, 2.05) is 5.43 Å². The lowest BCUT2D eigenvalue weighted by Crippen LogP contribution is -2.48. The number of ether oxygens (including phenoxy) is 1. The maximum atomic E-state index is 13.1. The number of nitrogens with one attached hydrogen (secondary N) is 4. The van der Waals surface area contributed by atoms with Crippen molar-refractivity contribution in [2.24, 2.45) is 0 Å². The summed E-state index contributed by atoms with van der Waals surface area (Å²) in [6, 6.07) is 8.41. The highest BCUT2D eigenvalue weighted by molar-refractivity contribution is 7.92. The van der Waals surface area contributed by atoms with Gasteiger partial charge < -0.3 is 15.4 Å². The third kappa shape index (κ3) is 8.53.